The summed E-state index contributed by atoms with van der Waals surface area (Å²) in [5.41, 5.74) is 2.28. The Labute approximate surface area is 134 Å². The van der Waals surface area contributed by atoms with Crippen LogP contribution < -0.4 is 10.1 Å². The van der Waals surface area contributed by atoms with E-state index in [0.29, 0.717) is 40.4 Å². The van der Waals surface area contributed by atoms with Gasteiger partial charge in [-0.05, 0) is 26.0 Å². The first-order valence-corrected chi connectivity index (χ1v) is 7.51. The maximum Gasteiger partial charge on any atom is 0.210 e. The molecule has 0 amide bonds. The average molecular weight is 307 g/mol. The highest BCUT2D eigenvalue weighted by Crippen LogP contribution is 2.30. The van der Waals surface area contributed by atoms with Crippen LogP contribution in [-0.2, 0) is 0 Å². The molecule has 1 aliphatic rings. The first-order valence-electron chi connectivity index (χ1n) is 7.51. The van der Waals surface area contributed by atoms with Crippen LogP contribution in [0.2, 0.25) is 0 Å². The van der Waals surface area contributed by atoms with Crippen LogP contribution in [0.3, 0.4) is 0 Å². The van der Waals surface area contributed by atoms with Crippen molar-refractivity contribution in [2.75, 3.05) is 11.9 Å². The minimum atomic E-state index is -0.177. The first kappa shape index (κ1) is 15.0. The maximum absolute atomic E-state index is 12.7. The second-order valence-corrected chi connectivity index (χ2v) is 5.26. The topological polar surface area (TPSA) is 55.4 Å². The van der Waals surface area contributed by atoms with Crippen molar-refractivity contribution in [2.24, 2.45) is 0 Å². The molecular formula is C19H17NO3. The van der Waals surface area contributed by atoms with E-state index in [-0.39, 0.29) is 11.6 Å². The molecule has 0 aromatic heterocycles. The Balaban J connectivity index is 2.02. The largest absolute Gasteiger partial charge is 0.492 e. The molecule has 2 aromatic carbocycles. The fraction of sp³-hybridized carbons (Fsp3) is 0.158. The van der Waals surface area contributed by atoms with Crippen molar-refractivity contribution >= 4 is 17.3 Å². The second kappa shape index (κ2) is 6.08. The number of benzene rings is 2. The Hall–Kier alpha value is -2.88. The molecule has 2 aromatic rings. The van der Waals surface area contributed by atoms with E-state index in [1.54, 1.807) is 31.2 Å². The van der Waals surface area contributed by atoms with Crippen molar-refractivity contribution < 1.29 is 14.3 Å². The van der Waals surface area contributed by atoms with Crippen molar-refractivity contribution in [1.82, 2.24) is 0 Å². The summed E-state index contributed by atoms with van der Waals surface area (Å²) in [7, 11) is 0. The summed E-state index contributed by atoms with van der Waals surface area (Å²) in [4.78, 5) is 25.2. The van der Waals surface area contributed by atoms with Crippen LogP contribution in [0.4, 0.5) is 5.69 Å². The zero-order valence-electron chi connectivity index (χ0n) is 13.1. The molecule has 0 heterocycles. The average Bonchev–Trinajstić information content (AvgIpc) is 2.58. The second-order valence-electron chi connectivity index (χ2n) is 5.26. The number of carbonyl (C=O) groups excluding carboxylic acids is 2. The standard InChI is InChI=1S/C19H17NO3/c1-3-23-16-11-7-6-10-15(16)20-17-12(2)18(21)13-8-4-5-9-14(13)19(17)22/h4-11,20H,3H2,1-2H3. The smallest absolute Gasteiger partial charge is 0.210 e. The number of nitrogens with one attached hydrogen (secondary N) is 1. The van der Waals surface area contributed by atoms with Crippen LogP contribution in [0.1, 0.15) is 34.6 Å². The summed E-state index contributed by atoms with van der Waals surface area (Å²) in [6.07, 6.45) is 0. The minimum absolute atomic E-state index is 0.128. The van der Waals surface area contributed by atoms with Gasteiger partial charge in [-0.1, -0.05) is 36.4 Å². The molecule has 0 unspecified atom stereocenters. The molecular weight excluding hydrogens is 290 g/mol. The monoisotopic (exact) mass is 307 g/mol. The molecule has 0 spiro atoms. The Kier molecular flexibility index (Phi) is 3.98. The van der Waals surface area contributed by atoms with Crippen molar-refractivity contribution in [2.45, 2.75) is 13.8 Å². The number of hydrogen-bond donors (Lipinski definition) is 1. The van der Waals surface area contributed by atoms with E-state index >= 15 is 0 Å². The number of fused-ring (bicyclic) bond motifs is 1. The predicted molar refractivity (Wildman–Crippen MR) is 89.0 cm³/mol. The van der Waals surface area contributed by atoms with Crippen molar-refractivity contribution in [3.63, 3.8) is 0 Å². The van der Waals surface area contributed by atoms with Gasteiger partial charge in [-0.3, -0.25) is 9.59 Å². The van der Waals surface area contributed by atoms with Crippen molar-refractivity contribution in [1.29, 1.82) is 0 Å². The lowest BCUT2D eigenvalue weighted by molar-refractivity contribution is 0.0976. The number of carbonyl (C=O) groups is 2. The first-order chi connectivity index (χ1) is 11.1. The summed E-state index contributed by atoms with van der Waals surface area (Å²) in [6.45, 7) is 4.08. The maximum atomic E-state index is 12.7. The number of anilines is 1. The molecule has 0 aliphatic heterocycles. The molecule has 0 bridgehead atoms. The third-order valence-corrected chi connectivity index (χ3v) is 3.81. The van der Waals surface area contributed by atoms with Crippen LogP contribution in [0.15, 0.2) is 59.8 Å². The lowest BCUT2D eigenvalue weighted by Gasteiger charge is -2.21. The molecule has 4 heteroatoms. The van der Waals surface area contributed by atoms with Gasteiger partial charge < -0.3 is 10.1 Å². The van der Waals surface area contributed by atoms with Gasteiger partial charge in [0.25, 0.3) is 0 Å². The Morgan fingerprint density at radius 3 is 2.22 bits per heavy atom. The quantitative estimate of drug-likeness (QED) is 0.932. The highest BCUT2D eigenvalue weighted by Gasteiger charge is 2.30. The van der Waals surface area contributed by atoms with Gasteiger partial charge in [-0.15, -0.1) is 0 Å². The molecule has 116 valence electrons. The Morgan fingerprint density at radius 1 is 0.913 bits per heavy atom. The Morgan fingerprint density at radius 2 is 1.52 bits per heavy atom. The van der Waals surface area contributed by atoms with Crippen LogP contribution in [0, 0.1) is 0 Å². The third-order valence-electron chi connectivity index (χ3n) is 3.81. The fourth-order valence-electron chi connectivity index (χ4n) is 2.64. The lowest BCUT2D eigenvalue weighted by atomic mass is 9.88. The normalized spacial score (nSPS) is 13.8. The zero-order chi connectivity index (χ0) is 16.4. The zero-order valence-corrected chi connectivity index (χ0v) is 13.1. The SMILES string of the molecule is CCOc1ccccc1NC1=C(C)C(=O)c2ccccc2C1=O. The molecule has 1 aliphatic carbocycles. The van der Waals surface area contributed by atoms with Gasteiger partial charge in [0.2, 0.25) is 5.78 Å². The van der Waals surface area contributed by atoms with Gasteiger partial charge >= 0.3 is 0 Å². The van der Waals surface area contributed by atoms with Gasteiger partial charge in [-0.25, -0.2) is 0 Å². The van der Waals surface area contributed by atoms with Crippen LogP contribution in [-0.4, -0.2) is 18.2 Å². The van der Waals surface area contributed by atoms with Crippen LogP contribution >= 0.6 is 0 Å². The molecule has 4 nitrogen and oxygen atoms in total. The summed E-state index contributed by atoms with van der Waals surface area (Å²) in [5.74, 6) is 0.343. The molecule has 0 saturated heterocycles. The van der Waals surface area contributed by atoms with Crippen LogP contribution in [0.25, 0.3) is 0 Å². The molecule has 3 rings (SSSR count). The number of para-hydroxylation sites is 2. The van der Waals surface area contributed by atoms with Gasteiger partial charge in [-0.2, -0.15) is 0 Å². The van der Waals surface area contributed by atoms with E-state index in [1.807, 2.05) is 31.2 Å². The molecule has 1 N–H and O–H groups in total. The highest BCUT2D eigenvalue weighted by molar-refractivity contribution is 6.27. The molecule has 23 heavy (non-hydrogen) atoms. The number of Topliss-reactive ketones (excluding diaryl/α,β-unsaturated/α-hetero) is 2. The summed E-state index contributed by atoms with van der Waals surface area (Å²) >= 11 is 0. The van der Waals surface area contributed by atoms with E-state index in [1.165, 1.54) is 0 Å². The van der Waals surface area contributed by atoms with E-state index in [9.17, 15) is 9.59 Å². The third kappa shape index (κ3) is 2.63. The van der Waals surface area contributed by atoms with Crippen molar-refractivity contribution in [3.8, 4) is 5.75 Å². The van der Waals surface area contributed by atoms with Crippen LogP contribution in [0.5, 0.6) is 5.75 Å². The number of hydrogen-bond acceptors (Lipinski definition) is 4. The lowest BCUT2D eigenvalue weighted by Crippen LogP contribution is -2.25. The fourth-order valence-corrected chi connectivity index (χ4v) is 2.64. The van der Waals surface area contributed by atoms with E-state index in [2.05, 4.69) is 5.32 Å². The van der Waals surface area contributed by atoms with Crippen molar-refractivity contribution in [3.05, 3.63) is 70.9 Å². The van der Waals surface area contributed by atoms with Gasteiger partial charge in [0, 0.05) is 16.7 Å². The Bertz CT molecular complexity index is 821. The minimum Gasteiger partial charge on any atom is -0.492 e. The van der Waals surface area contributed by atoms with Gasteiger partial charge in [0.15, 0.2) is 5.78 Å². The number of rotatable bonds is 4. The van der Waals surface area contributed by atoms with Gasteiger partial charge in [0.05, 0.1) is 18.0 Å². The van der Waals surface area contributed by atoms with E-state index in [4.69, 9.17) is 4.74 Å². The highest BCUT2D eigenvalue weighted by atomic mass is 16.5. The number of allylic oxidation sites excluding steroid dienone is 2. The van der Waals surface area contributed by atoms with Gasteiger partial charge in [0.1, 0.15) is 5.75 Å². The molecule has 0 radical (unpaired) electrons. The summed E-state index contributed by atoms with van der Waals surface area (Å²) in [6, 6.07) is 14.2. The van der Waals surface area contributed by atoms with E-state index < -0.39 is 0 Å². The summed E-state index contributed by atoms with van der Waals surface area (Å²) in [5, 5.41) is 3.09. The number of ether oxygens (including phenoxy) is 1. The van der Waals surface area contributed by atoms with E-state index in [0.717, 1.165) is 0 Å². The predicted octanol–water partition coefficient (Wildman–Crippen LogP) is 3.85. The molecule has 0 saturated carbocycles. The molecule has 0 atom stereocenters. The summed E-state index contributed by atoms with van der Waals surface area (Å²) < 4.78 is 5.56. The molecule has 0 fully saturated rings. The number of ketones is 2.